The van der Waals surface area contributed by atoms with E-state index in [4.69, 9.17) is 19.9 Å². The van der Waals surface area contributed by atoms with Crippen LogP contribution in [0.4, 0.5) is 4.39 Å². The van der Waals surface area contributed by atoms with Gasteiger partial charge in [-0.1, -0.05) is 19.4 Å². The molecule has 1 aromatic carbocycles. The van der Waals surface area contributed by atoms with Crippen molar-refractivity contribution < 1.29 is 23.4 Å². The van der Waals surface area contributed by atoms with Crippen LogP contribution in [0.2, 0.25) is 0 Å². The minimum Gasteiger partial charge on any atom is -0.491 e. The van der Waals surface area contributed by atoms with E-state index in [2.05, 4.69) is 0 Å². The van der Waals surface area contributed by atoms with Gasteiger partial charge in [-0.25, -0.2) is 9.18 Å². The van der Waals surface area contributed by atoms with Gasteiger partial charge in [-0.2, -0.15) is 5.26 Å². The van der Waals surface area contributed by atoms with E-state index in [9.17, 15) is 14.4 Å². The molecule has 7 heteroatoms. The SMILES string of the molecule is CCCCOc1ccc(C2C(C#N)=C(N)OC(C)=C2C(=O)OCC)cc1F. The third kappa shape index (κ3) is 4.40. The summed E-state index contributed by atoms with van der Waals surface area (Å²) in [6.07, 6.45) is 1.75. The Kier molecular flexibility index (Phi) is 6.83. The molecule has 2 N–H and O–H groups in total. The lowest BCUT2D eigenvalue weighted by Gasteiger charge is -2.27. The highest BCUT2D eigenvalue weighted by molar-refractivity contribution is 5.92. The first-order valence-corrected chi connectivity index (χ1v) is 8.82. The molecule has 0 saturated carbocycles. The van der Waals surface area contributed by atoms with Gasteiger partial charge in [0, 0.05) is 0 Å². The van der Waals surface area contributed by atoms with E-state index in [-0.39, 0.29) is 35.1 Å². The maximum Gasteiger partial charge on any atom is 0.338 e. The van der Waals surface area contributed by atoms with Gasteiger partial charge in [0.2, 0.25) is 5.88 Å². The summed E-state index contributed by atoms with van der Waals surface area (Å²) < 4.78 is 30.4. The molecule has 1 unspecified atom stereocenters. The van der Waals surface area contributed by atoms with Crippen LogP contribution in [0.1, 0.15) is 45.1 Å². The fraction of sp³-hybridized carbons (Fsp3) is 0.400. The zero-order valence-electron chi connectivity index (χ0n) is 15.7. The number of allylic oxidation sites excluding steroid dienone is 2. The number of hydrogen-bond acceptors (Lipinski definition) is 6. The van der Waals surface area contributed by atoms with E-state index in [0.717, 1.165) is 12.8 Å². The van der Waals surface area contributed by atoms with Crippen LogP contribution in [0.3, 0.4) is 0 Å². The summed E-state index contributed by atoms with van der Waals surface area (Å²) in [6.45, 7) is 5.80. The van der Waals surface area contributed by atoms with Crippen molar-refractivity contribution in [2.24, 2.45) is 5.73 Å². The van der Waals surface area contributed by atoms with E-state index >= 15 is 0 Å². The summed E-state index contributed by atoms with van der Waals surface area (Å²) in [5.41, 5.74) is 6.37. The van der Waals surface area contributed by atoms with Crippen molar-refractivity contribution in [1.82, 2.24) is 0 Å². The first-order chi connectivity index (χ1) is 12.9. The largest absolute Gasteiger partial charge is 0.491 e. The number of hydrogen-bond donors (Lipinski definition) is 1. The van der Waals surface area contributed by atoms with Crippen LogP contribution < -0.4 is 10.5 Å². The van der Waals surface area contributed by atoms with Crippen molar-refractivity contribution >= 4 is 5.97 Å². The quantitative estimate of drug-likeness (QED) is 0.578. The van der Waals surface area contributed by atoms with Gasteiger partial charge in [-0.15, -0.1) is 0 Å². The number of halogens is 1. The number of benzene rings is 1. The van der Waals surface area contributed by atoms with Crippen molar-refractivity contribution in [3.8, 4) is 11.8 Å². The molecule has 0 saturated heterocycles. The normalized spacial score (nSPS) is 16.6. The number of nitrogens with zero attached hydrogens (tertiary/aromatic N) is 1. The lowest BCUT2D eigenvalue weighted by atomic mass is 9.83. The Bertz CT molecular complexity index is 824. The minimum atomic E-state index is -0.873. The van der Waals surface area contributed by atoms with Crippen LogP contribution in [-0.2, 0) is 14.3 Å². The number of unbranched alkanes of at least 4 members (excludes halogenated alkanes) is 1. The number of esters is 1. The second kappa shape index (κ2) is 9.08. The number of nitriles is 1. The number of rotatable bonds is 7. The first kappa shape index (κ1) is 20.3. The van der Waals surface area contributed by atoms with Crippen LogP contribution in [0.5, 0.6) is 5.75 Å². The highest BCUT2D eigenvalue weighted by Crippen LogP contribution is 2.40. The minimum absolute atomic E-state index is 0.0303. The third-order valence-corrected chi connectivity index (χ3v) is 4.15. The van der Waals surface area contributed by atoms with Gasteiger partial charge in [-0.05, 0) is 38.0 Å². The fourth-order valence-electron chi connectivity index (χ4n) is 2.83. The van der Waals surface area contributed by atoms with Gasteiger partial charge in [-0.3, -0.25) is 0 Å². The molecule has 0 aromatic heterocycles. The molecule has 1 atom stereocenters. The molecule has 0 bridgehead atoms. The molecule has 1 aliphatic heterocycles. The van der Waals surface area contributed by atoms with Gasteiger partial charge < -0.3 is 19.9 Å². The van der Waals surface area contributed by atoms with E-state index in [1.165, 1.54) is 12.1 Å². The Morgan fingerprint density at radius 1 is 1.41 bits per heavy atom. The van der Waals surface area contributed by atoms with Gasteiger partial charge in [0.25, 0.3) is 0 Å². The van der Waals surface area contributed by atoms with E-state index in [0.29, 0.717) is 12.2 Å². The Hall–Kier alpha value is -3.01. The molecule has 0 radical (unpaired) electrons. The zero-order valence-corrected chi connectivity index (χ0v) is 15.7. The van der Waals surface area contributed by atoms with Crippen LogP contribution >= 0.6 is 0 Å². The van der Waals surface area contributed by atoms with Crippen LogP contribution in [0.25, 0.3) is 0 Å². The van der Waals surface area contributed by atoms with Crippen LogP contribution in [0, 0.1) is 17.1 Å². The van der Waals surface area contributed by atoms with E-state index in [1.807, 2.05) is 13.0 Å². The summed E-state index contributed by atoms with van der Waals surface area (Å²) in [6, 6.07) is 6.30. The van der Waals surface area contributed by atoms with Crippen molar-refractivity contribution in [1.29, 1.82) is 5.26 Å². The Labute approximate surface area is 158 Å². The molecule has 27 heavy (non-hydrogen) atoms. The molecule has 0 aliphatic carbocycles. The van der Waals surface area contributed by atoms with Crippen molar-refractivity contribution in [2.75, 3.05) is 13.2 Å². The number of carbonyl (C=O) groups excluding carboxylic acids is 1. The predicted octanol–water partition coefficient (Wildman–Crippen LogP) is 3.65. The lowest BCUT2D eigenvalue weighted by molar-refractivity contribution is -0.139. The van der Waals surface area contributed by atoms with Gasteiger partial charge in [0.15, 0.2) is 11.6 Å². The van der Waals surface area contributed by atoms with Crippen LogP contribution in [0.15, 0.2) is 41.0 Å². The average molecular weight is 374 g/mol. The molecular formula is C20H23FN2O4. The van der Waals surface area contributed by atoms with Gasteiger partial charge >= 0.3 is 5.97 Å². The third-order valence-electron chi connectivity index (χ3n) is 4.15. The Balaban J connectivity index is 2.47. The van der Waals surface area contributed by atoms with E-state index < -0.39 is 17.7 Å². The highest BCUT2D eigenvalue weighted by atomic mass is 19.1. The first-order valence-electron chi connectivity index (χ1n) is 8.82. The summed E-state index contributed by atoms with van der Waals surface area (Å²) in [5, 5.41) is 9.52. The standard InChI is InChI=1S/C20H23FN2O4/c1-4-6-9-26-16-8-7-13(10-15(16)21)18-14(11-22)19(23)27-12(3)17(18)20(24)25-5-2/h7-8,10,18H,4-6,9,23H2,1-3H3. The summed E-state index contributed by atoms with van der Waals surface area (Å²) in [5.74, 6) is -1.86. The molecule has 144 valence electrons. The van der Waals surface area contributed by atoms with Crippen LogP contribution in [-0.4, -0.2) is 19.2 Å². The van der Waals surface area contributed by atoms with Crippen molar-refractivity contribution in [3.05, 3.63) is 52.4 Å². The Morgan fingerprint density at radius 2 is 2.15 bits per heavy atom. The summed E-state index contributed by atoms with van der Waals surface area (Å²) >= 11 is 0. The topological polar surface area (TPSA) is 94.6 Å². The molecule has 0 amide bonds. The maximum absolute atomic E-state index is 14.5. The zero-order chi connectivity index (χ0) is 20.0. The van der Waals surface area contributed by atoms with Crippen molar-refractivity contribution in [2.45, 2.75) is 39.5 Å². The number of nitrogens with two attached hydrogens (primary N) is 1. The molecule has 6 nitrogen and oxygen atoms in total. The summed E-state index contributed by atoms with van der Waals surface area (Å²) in [7, 11) is 0. The molecule has 0 fully saturated rings. The Morgan fingerprint density at radius 3 is 2.74 bits per heavy atom. The second-order valence-corrected chi connectivity index (χ2v) is 6.01. The monoisotopic (exact) mass is 374 g/mol. The summed E-state index contributed by atoms with van der Waals surface area (Å²) in [4.78, 5) is 12.4. The molecule has 1 aliphatic rings. The van der Waals surface area contributed by atoms with Crippen molar-refractivity contribution in [3.63, 3.8) is 0 Å². The highest BCUT2D eigenvalue weighted by Gasteiger charge is 2.36. The smallest absolute Gasteiger partial charge is 0.338 e. The van der Waals surface area contributed by atoms with E-state index in [1.54, 1.807) is 19.9 Å². The van der Waals surface area contributed by atoms with Gasteiger partial charge in [0.05, 0.1) is 24.7 Å². The predicted molar refractivity (Wildman–Crippen MR) is 96.8 cm³/mol. The number of ether oxygens (including phenoxy) is 3. The average Bonchev–Trinajstić information content (AvgIpc) is 2.62. The molecule has 0 spiro atoms. The second-order valence-electron chi connectivity index (χ2n) is 6.01. The van der Waals surface area contributed by atoms with Gasteiger partial charge in [0.1, 0.15) is 17.4 Å². The fourth-order valence-corrected chi connectivity index (χ4v) is 2.83. The molecule has 2 rings (SSSR count). The molecule has 1 aromatic rings. The maximum atomic E-state index is 14.5. The number of carbonyl (C=O) groups is 1. The lowest BCUT2D eigenvalue weighted by Crippen LogP contribution is -2.25. The molecule has 1 heterocycles. The molecular weight excluding hydrogens is 351 g/mol.